The summed E-state index contributed by atoms with van der Waals surface area (Å²) < 4.78 is 41.9. The number of hydrogen-bond acceptors (Lipinski definition) is 2. The number of halogens is 3. The molecular formula is C16H30F3N3O. The summed E-state index contributed by atoms with van der Waals surface area (Å²) in [5.41, 5.74) is 0. The second-order valence-electron chi connectivity index (χ2n) is 5.98. The van der Waals surface area contributed by atoms with Crippen molar-refractivity contribution in [3.8, 4) is 0 Å². The molecule has 0 saturated heterocycles. The second kappa shape index (κ2) is 11.5. The molecule has 4 nitrogen and oxygen atoms in total. The Kier molecular flexibility index (Phi) is 10.1. The van der Waals surface area contributed by atoms with E-state index in [4.69, 9.17) is 4.74 Å². The Bertz CT molecular complexity index is 329. The van der Waals surface area contributed by atoms with Gasteiger partial charge in [-0.15, -0.1) is 0 Å². The number of hydrogen-bond donors (Lipinski definition) is 2. The molecule has 1 saturated carbocycles. The molecule has 2 N–H and O–H groups in total. The average molecular weight is 337 g/mol. The van der Waals surface area contributed by atoms with Gasteiger partial charge in [-0.25, -0.2) is 0 Å². The quantitative estimate of drug-likeness (QED) is 0.384. The Morgan fingerprint density at radius 3 is 2.30 bits per heavy atom. The highest BCUT2D eigenvalue weighted by Gasteiger charge is 2.25. The van der Waals surface area contributed by atoms with E-state index in [0.717, 1.165) is 19.6 Å². The van der Waals surface area contributed by atoms with E-state index in [-0.39, 0.29) is 6.42 Å². The zero-order valence-corrected chi connectivity index (χ0v) is 14.1. The number of guanidine groups is 1. The Morgan fingerprint density at radius 1 is 1.04 bits per heavy atom. The fourth-order valence-corrected chi connectivity index (χ4v) is 2.64. The van der Waals surface area contributed by atoms with E-state index < -0.39 is 12.6 Å². The molecule has 1 rings (SSSR count). The van der Waals surface area contributed by atoms with Crippen LogP contribution in [0, 0.1) is 0 Å². The molecule has 0 unspecified atom stereocenters. The van der Waals surface area contributed by atoms with Crippen molar-refractivity contribution in [3.05, 3.63) is 0 Å². The number of aliphatic imine (C=N–C) groups is 1. The highest BCUT2D eigenvalue weighted by molar-refractivity contribution is 5.79. The fraction of sp³-hybridized carbons (Fsp3) is 0.938. The predicted octanol–water partition coefficient (Wildman–Crippen LogP) is 3.62. The molecule has 0 aromatic heterocycles. The van der Waals surface area contributed by atoms with Crippen molar-refractivity contribution in [2.45, 2.75) is 70.1 Å². The number of unbranched alkanes of at least 4 members (excludes halogenated alkanes) is 1. The van der Waals surface area contributed by atoms with E-state index in [1.54, 1.807) is 7.05 Å². The normalized spacial score (nSPS) is 17.3. The second-order valence-corrected chi connectivity index (χ2v) is 5.98. The Balaban J connectivity index is 1.96. The van der Waals surface area contributed by atoms with Crippen LogP contribution in [0.15, 0.2) is 4.99 Å². The molecule has 136 valence electrons. The summed E-state index contributed by atoms with van der Waals surface area (Å²) in [6.07, 6.45) is 3.38. The van der Waals surface area contributed by atoms with Crippen LogP contribution in [0.1, 0.15) is 57.8 Å². The zero-order valence-electron chi connectivity index (χ0n) is 14.1. The van der Waals surface area contributed by atoms with Crippen molar-refractivity contribution in [2.24, 2.45) is 4.99 Å². The number of ether oxygens (including phenoxy) is 1. The summed E-state index contributed by atoms with van der Waals surface area (Å²) in [5, 5.41) is 6.18. The van der Waals surface area contributed by atoms with E-state index in [1.807, 2.05) is 0 Å². The Morgan fingerprint density at radius 2 is 1.70 bits per heavy atom. The van der Waals surface area contributed by atoms with Gasteiger partial charge in [0.1, 0.15) is 0 Å². The smallest absolute Gasteiger partial charge is 0.378 e. The number of alkyl halides is 3. The topological polar surface area (TPSA) is 45.7 Å². The van der Waals surface area contributed by atoms with Gasteiger partial charge in [0, 0.05) is 33.2 Å². The molecule has 23 heavy (non-hydrogen) atoms. The molecule has 0 radical (unpaired) electrons. The first kappa shape index (κ1) is 20.1. The van der Waals surface area contributed by atoms with Gasteiger partial charge < -0.3 is 15.4 Å². The van der Waals surface area contributed by atoms with E-state index >= 15 is 0 Å². The first-order valence-corrected chi connectivity index (χ1v) is 8.64. The first-order valence-electron chi connectivity index (χ1n) is 8.64. The molecule has 1 fully saturated rings. The SMILES string of the molecule is CN=C(NCCCCC(F)(F)F)NCCCOC1CCCCC1. The lowest BCUT2D eigenvalue weighted by atomic mass is 9.98. The molecule has 0 aromatic rings. The summed E-state index contributed by atoms with van der Waals surface area (Å²) in [4.78, 5) is 4.05. The van der Waals surface area contributed by atoms with E-state index in [1.165, 1.54) is 32.1 Å². The van der Waals surface area contributed by atoms with Crippen LogP contribution in [0.4, 0.5) is 13.2 Å². The van der Waals surface area contributed by atoms with Crippen LogP contribution in [0.2, 0.25) is 0 Å². The van der Waals surface area contributed by atoms with Crippen molar-refractivity contribution in [2.75, 3.05) is 26.7 Å². The van der Waals surface area contributed by atoms with Crippen LogP contribution >= 0.6 is 0 Å². The van der Waals surface area contributed by atoms with Gasteiger partial charge in [-0.1, -0.05) is 19.3 Å². The largest absolute Gasteiger partial charge is 0.389 e. The Hall–Kier alpha value is -0.980. The zero-order chi connectivity index (χ0) is 17.0. The molecule has 0 bridgehead atoms. The summed E-state index contributed by atoms with van der Waals surface area (Å²) in [5.74, 6) is 0.634. The standard InChI is InChI=1S/C16H30F3N3O/c1-20-15(21-11-6-5-10-16(17,18)19)22-12-7-13-23-14-8-3-2-4-9-14/h14H,2-13H2,1H3,(H2,20,21,22). The molecule has 0 heterocycles. The first-order chi connectivity index (χ1) is 11.0. The summed E-state index contributed by atoms with van der Waals surface area (Å²) in [7, 11) is 1.66. The van der Waals surface area contributed by atoms with Gasteiger partial charge in [-0.2, -0.15) is 13.2 Å². The van der Waals surface area contributed by atoms with E-state index in [0.29, 0.717) is 25.0 Å². The third-order valence-electron chi connectivity index (χ3n) is 3.92. The Labute approximate surface area is 137 Å². The summed E-state index contributed by atoms with van der Waals surface area (Å²) in [6, 6.07) is 0. The van der Waals surface area contributed by atoms with E-state index in [2.05, 4.69) is 15.6 Å². The van der Waals surface area contributed by atoms with Gasteiger partial charge in [0.15, 0.2) is 5.96 Å². The van der Waals surface area contributed by atoms with Crippen LogP contribution in [0.25, 0.3) is 0 Å². The fourth-order valence-electron chi connectivity index (χ4n) is 2.64. The minimum atomic E-state index is -4.06. The molecule has 0 aliphatic heterocycles. The lowest BCUT2D eigenvalue weighted by Crippen LogP contribution is -2.38. The molecule has 0 atom stereocenters. The predicted molar refractivity (Wildman–Crippen MR) is 86.7 cm³/mol. The third-order valence-corrected chi connectivity index (χ3v) is 3.92. The third kappa shape index (κ3) is 11.2. The molecule has 0 spiro atoms. The van der Waals surface area contributed by atoms with E-state index in [9.17, 15) is 13.2 Å². The van der Waals surface area contributed by atoms with Gasteiger partial charge >= 0.3 is 6.18 Å². The van der Waals surface area contributed by atoms with Crippen LogP contribution < -0.4 is 10.6 Å². The average Bonchev–Trinajstić information content (AvgIpc) is 2.52. The van der Waals surface area contributed by atoms with Crippen LogP contribution in [-0.4, -0.2) is 45.0 Å². The van der Waals surface area contributed by atoms with Crippen molar-refractivity contribution in [1.82, 2.24) is 10.6 Å². The number of nitrogens with zero attached hydrogens (tertiary/aromatic N) is 1. The van der Waals surface area contributed by atoms with Gasteiger partial charge in [0.2, 0.25) is 0 Å². The molecule has 1 aliphatic rings. The monoisotopic (exact) mass is 337 g/mol. The highest BCUT2D eigenvalue weighted by atomic mass is 19.4. The van der Waals surface area contributed by atoms with Gasteiger partial charge in [-0.3, -0.25) is 4.99 Å². The molecule has 1 aliphatic carbocycles. The van der Waals surface area contributed by atoms with Crippen molar-refractivity contribution < 1.29 is 17.9 Å². The van der Waals surface area contributed by atoms with Crippen molar-refractivity contribution in [3.63, 3.8) is 0 Å². The lowest BCUT2D eigenvalue weighted by molar-refractivity contribution is -0.135. The van der Waals surface area contributed by atoms with Crippen LogP contribution in [0.3, 0.4) is 0 Å². The van der Waals surface area contributed by atoms with Gasteiger partial charge in [-0.05, 0) is 32.1 Å². The molecular weight excluding hydrogens is 307 g/mol. The minimum Gasteiger partial charge on any atom is -0.378 e. The summed E-state index contributed by atoms with van der Waals surface area (Å²) in [6.45, 7) is 1.98. The number of rotatable bonds is 9. The maximum atomic E-state index is 12.0. The maximum absolute atomic E-state index is 12.0. The van der Waals surface area contributed by atoms with Gasteiger partial charge in [0.05, 0.1) is 6.10 Å². The maximum Gasteiger partial charge on any atom is 0.389 e. The molecule has 0 amide bonds. The van der Waals surface area contributed by atoms with Crippen LogP contribution in [-0.2, 0) is 4.74 Å². The minimum absolute atomic E-state index is 0.142. The van der Waals surface area contributed by atoms with Crippen molar-refractivity contribution in [1.29, 1.82) is 0 Å². The lowest BCUT2D eigenvalue weighted by Gasteiger charge is -2.22. The summed E-state index contributed by atoms with van der Waals surface area (Å²) >= 11 is 0. The van der Waals surface area contributed by atoms with Crippen molar-refractivity contribution >= 4 is 5.96 Å². The highest BCUT2D eigenvalue weighted by Crippen LogP contribution is 2.22. The van der Waals surface area contributed by atoms with Gasteiger partial charge in [0.25, 0.3) is 0 Å². The molecule has 7 heteroatoms. The number of nitrogens with one attached hydrogen (secondary N) is 2. The molecule has 0 aromatic carbocycles. The van der Waals surface area contributed by atoms with Crippen LogP contribution in [0.5, 0.6) is 0 Å².